The summed E-state index contributed by atoms with van der Waals surface area (Å²) in [4.78, 5) is 18.8. The second-order valence-corrected chi connectivity index (χ2v) is 9.78. The summed E-state index contributed by atoms with van der Waals surface area (Å²) < 4.78 is 34.8. The third-order valence-electron chi connectivity index (χ3n) is 6.05. The van der Waals surface area contributed by atoms with Crippen molar-refractivity contribution in [2.24, 2.45) is 7.05 Å². The molecule has 1 aliphatic carbocycles. The summed E-state index contributed by atoms with van der Waals surface area (Å²) in [7, 11) is 1.85. The molecule has 2 atom stereocenters. The van der Waals surface area contributed by atoms with Crippen molar-refractivity contribution in [2.75, 3.05) is 13.1 Å². The molecule has 4 rings (SSSR count). The Kier molecular flexibility index (Phi) is 5.52. The summed E-state index contributed by atoms with van der Waals surface area (Å²) in [6, 6.07) is 3.85. The molecule has 3 heterocycles. The minimum Gasteiger partial charge on any atom is -0.444 e. The van der Waals surface area contributed by atoms with Gasteiger partial charge in [0.05, 0.1) is 5.69 Å². The van der Waals surface area contributed by atoms with Crippen LogP contribution in [0.25, 0.3) is 11.3 Å². The van der Waals surface area contributed by atoms with Crippen LogP contribution in [0, 0.1) is 0 Å². The van der Waals surface area contributed by atoms with Gasteiger partial charge in [-0.1, -0.05) is 0 Å². The highest BCUT2D eigenvalue weighted by Gasteiger charge is 2.41. The molecule has 1 saturated carbocycles. The average molecular weight is 433 g/mol. The maximum absolute atomic E-state index is 13.8. The summed E-state index contributed by atoms with van der Waals surface area (Å²) in [5, 5.41) is 4.55. The van der Waals surface area contributed by atoms with Crippen molar-refractivity contribution in [3.63, 3.8) is 0 Å². The molecule has 0 bridgehead atoms. The van der Waals surface area contributed by atoms with E-state index in [0.29, 0.717) is 25.2 Å². The number of pyridine rings is 1. The Hall–Kier alpha value is -2.51. The number of likely N-dealkylation sites (tertiary alicyclic amines) is 1. The van der Waals surface area contributed by atoms with Crippen LogP contribution in [0.1, 0.15) is 69.5 Å². The first-order valence-corrected chi connectivity index (χ1v) is 10.9. The van der Waals surface area contributed by atoms with Gasteiger partial charge in [0, 0.05) is 68.5 Å². The lowest BCUT2D eigenvalue weighted by Crippen LogP contribution is -2.35. The lowest BCUT2D eigenvalue weighted by molar-refractivity contribution is 0.00762. The van der Waals surface area contributed by atoms with Gasteiger partial charge in [-0.25, -0.2) is 13.6 Å². The van der Waals surface area contributed by atoms with Crippen molar-refractivity contribution >= 4 is 6.09 Å². The number of aryl methyl sites for hydroxylation is 1. The van der Waals surface area contributed by atoms with Crippen LogP contribution in [0.5, 0.6) is 0 Å². The van der Waals surface area contributed by atoms with E-state index in [9.17, 15) is 13.6 Å². The number of nitrogens with zero attached hydrogens (tertiary/aromatic N) is 4. The Morgan fingerprint density at radius 1 is 1.26 bits per heavy atom. The molecule has 6 nitrogen and oxygen atoms in total. The van der Waals surface area contributed by atoms with Crippen LogP contribution in [0.4, 0.5) is 13.6 Å². The largest absolute Gasteiger partial charge is 0.444 e. The molecule has 2 aromatic rings. The van der Waals surface area contributed by atoms with Crippen molar-refractivity contribution in [3.8, 4) is 11.3 Å². The first-order chi connectivity index (χ1) is 14.5. The van der Waals surface area contributed by atoms with E-state index in [0.717, 1.165) is 23.2 Å². The number of hydrogen-bond donors (Lipinski definition) is 0. The second kappa shape index (κ2) is 7.88. The minimum atomic E-state index is -2.62. The number of carbonyl (C=O) groups excluding carboxylic acids is 1. The topological polar surface area (TPSA) is 60.2 Å². The summed E-state index contributed by atoms with van der Waals surface area (Å²) in [5.74, 6) is -2.76. The summed E-state index contributed by atoms with van der Waals surface area (Å²) in [5.41, 5.74) is 2.86. The van der Waals surface area contributed by atoms with Gasteiger partial charge in [-0.05, 0) is 51.3 Å². The van der Waals surface area contributed by atoms with Gasteiger partial charge in [0.25, 0.3) is 0 Å². The Balaban J connectivity index is 1.61. The van der Waals surface area contributed by atoms with Crippen molar-refractivity contribution in [1.29, 1.82) is 0 Å². The van der Waals surface area contributed by atoms with E-state index in [-0.39, 0.29) is 30.8 Å². The first kappa shape index (κ1) is 21.7. The van der Waals surface area contributed by atoms with Crippen LogP contribution in [0.2, 0.25) is 0 Å². The monoisotopic (exact) mass is 432 g/mol. The van der Waals surface area contributed by atoms with Crippen LogP contribution in [-0.2, 0) is 11.8 Å². The molecular formula is C23H30F2N4O2. The van der Waals surface area contributed by atoms with Crippen LogP contribution >= 0.6 is 0 Å². The van der Waals surface area contributed by atoms with Gasteiger partial charge in [-0.2, -0.15) is 5.10 Å². The van der Waals surface area contributed by atoms with Crippen molar-refractivity contribution in [2.45, 2.75) is 69.8 Å². The molecule has 168 valence electrons. The highest BCUT2D eigenvalue weighted by Crippen LogP contribution is 2.45. The van der Waals surface area contributed by atoms with E-state index in [1.54, 1.807) is 15.8 Å². The van der Waals surface area contributed by atoms with Gasteiger partial charge in [0.15, 0.2) is 0 Å². The van der Waals surface area contributed by atoms with Crippen molar-refractivity contribution in [1.82, 2.24) is 19.7 Å². The van der Waals surface area contributed by atoms with Crippen molar-refractivity contribution in [3.05, 3.63) is 35.8 Å². The van der Waals surface area contributed by atoms with E-state index in [4.69, 9.17) is 4.74 Å². The van der Waals surface area contributed by atoms with Crippen LogP contribution in [0.15, 0.2) is 24.5 Å². The van der Waals surface area contributed by atoms with Crippen molar-refractivity contribution < 1.29 is 18.3 Å². The number of hydrogen-bond acceptors (Lipinski definition) is 4. The fourth-order valence-corrected chi connectivity index (χ4v) is 4.52. The smallest absolute Gasteiger partial charge is 0.410 e. The molecule has 1 saturated heterocycles. The molecule has 1 amide bonds. The minimum absolute atomic E-state index is 0.0898. The molecule has 0 aromatic carbocycles. The normalized spacial score (nSPS) is 23.4. The van der Waals surface area contributed by atoms with E-state index >= 15 is 0 Å². The molecular weight excluding hydrogens is 402 g/mol. The molecule has 0 spiro atoms. The predicted octanol–water partition coefficient (Wildman–Crippen LogP) is 5.11. The van der Waals surface area contributed by atoms with Gasteiger partial charge < -0.3 is 9.64 Å². The molecule has 0 N–H and O–H groups in total. The Morgan fingerprint density at radius 3 is 2.65 bits per heavy atom. The molecule has 2 fully saturated rings. The fourth-order valence-electron chi connectivity index (χ4n) is 4.52. The van der Waals surface area contributed by atoms with E-state index in [1.165, 1.54) is 0 Å². The summed E-state index contributed by atoms with van der Waals surface area (Å²) in [6.07, 6.45) is 4.35. The van der Waals surface area contributed by atoms with Crippen LogP contribution in [0.3, 0.4) is 0 Å². The molecule has 8 heteroatoms. The van der Waals surface area contributed by atoms with E-state index in [2.05, 4.69) is 10.1 Å². The third-order valence-corrected chi connectivity index (χ3v) is 6.05. The second-order valence-electron chi connectivity index (χ2n) is 9.78. The van der Waals surface area contributed by atoms with Gasteiger partial charge in [-0.15, -0.1) is 0 Å². The zero-order valence-electron chi connectivity index (χ0n) is 18.6. The fraction of sp³-hybridized carbons (Fsp3) is 0.609. The van der Waals surface area contributed by atoms with Gasteiger partial charge in [-0.3, -0.25) is 9.67 Å². The first-order valence-electron chi connectivity index (χ1n) is 10.9. The molecule has 2 unspecified atom stereocenters. The average Bonchev–Trinajstić information content (AvgIpc) is 3.39. The zero-order valence-corrected chi connectivity index (χ0v) is 18.6. The highest BCUT2D eigenvalue weighted by molar-refractivity contribution is 5.69. The SMILES string of the molecule is Cn1ccc(-c2cc(C3CCC(F)(F)C3)ncc2C2CCN(C(=O)OC(C)(C)C)C2)n1. The Morgan fingerprint density at radius 2 is 2.03 bits per heavy atom. The molecule has 0 radical (unpaired) electrons. The maximum Gasteiger partial charge on any atom is 0.410 e. The van der Waals surface area contributed by atoms with Gasteiger partial charge >= 0.3 is 6.09 Å². The van der Waals surface area contributed by atoms with Crippen LogP contribution in [-0.4, -0.2) is 50.4 Å². The number of amides is 1. The Bertz CT molecular complexity index is 967. The molecule has 2 aliphatic rings. The van der Waals surface area contributed by atoms with Crippen LogP contribution < -0.4 is 0 Å². The number of rotatable bonds is 3. The lowest BCUT2D eigenvalue weighted by atomic mass is 9.91. The van der Waals surface area contributed by atoms with Gasteiger partial charge in [0.2, 0.25) is 5.92 Å². The number of aromatic nitrogens is 3. The number of carbonyl (C=O) groups is 1. The third kappa shape index (κ3) is 4.88. The Labute approximate surface area is 181 Å². The number of alkyl halides is 2. The molecule has 1 aliphatic heterocycles. The standard InChI is InChI=1S/C23H30F2N4O2/c1-22(2,3)31-21(30)29-10-6-16(14-29)18-13-26-20(15-5-8-23(24,25)12-15)11-17(18)19-7-9-28(4)27-19/h7,9,11,13,15-16H,5-6,8,10,12,14H2,1-4H3. The lowest BCUT2D eigenvalue weighted by Gasteiger charge is -2.24. The predicted molar refractivity (Wildman–Crippen MR) is 113 cm³/mol. The van der Waals surface area contributed by atoms with E-state index in [1.807, 2.05) is 46.1 Å². The van der Waals surface area contributed by atoms with E-state index < -0.39 is 11.5 Å². The summed E-state index contributed by atoms with van der Waals surface area (Å²) >= 11 is 0. The number of halogens is 2. The van der Waals surface area contributed by atoms with Gasteiger partial charge in [0.1, 0.15) is 5.60 Å². The quantitative estimate of drug-likeness (QED) is 0.676. The highest BCUT2D eigenvalue weighted by atomic mass is 19.3. The number of ether oxygens (including phenoxy) is 1. The molecule has 2 aromatic heterocycles. The molecule has 31 heavy (non-hydrogen) atoms. The maximum atomic E-state index is 13.8. The summed E-state index contributed by atoms with van der Waals surface area (Å²) in [6.45, 7) is 6.71. The zero-order chi connectivity index (χ0) is 22.4.